The molecule has 134 valence electrons. The maximum Gasteiger partial charge on any atom is 0.261 e. The van der Waals surface area contributed by atoms with Crippen LogP contribution in [-0.2, 0) is 4.79 Å². The van der Waals surface area contributed by atoms with Crippen LogP contribution < -0.4 is 10.6 Å². The van der Waals surface area contributed by atoms with E-state index < -0.39 is 0 Å². The number of amides is 2. The molecule has 0 radical (unpaired) electrons. The summed E-state index contributed by atoms with van der Waals surface area (Å²) in [6.07, 6.45) is 3.91. The normalized spacial score (nSPS) is 10.7. The summed E-state index contributed by atoms with van der Waals surface area (Å²) in [7, 11) is 0. The number of hydrogen-bond acceptors (Lipinski definition) is 4. The highest BCUT2D eigenvalue weighted by atomic mass is 32.1. The Balaban J connectivity index is 1.37. The molecule has 0 spiro atoms. The molecule has 6 nitrogen and oxygen atoms in total. The summed E-state index contributed by atoms with van der Waals surface area (Å²) in [6, 6.07) is 16.8. The van der Waals surface area contributed by atoms with Crippen molar-refractivity contribution in [1.29, 1.82) is 0 Å². The minimum absolute atomic E-state index is 0.0785. The molecule has 3 aromatic heterocycles. The van der Waals surface area contributed by atoms with Crippen LogP contribution in [0.5, 0.6) is 0 Å². The number of anilines is 1. The van der Waals surface area contributed by atoms with E-state index in [1.807, 2.05) is 64.6 Å². The van der Waals surface area contributed by atoms with Gasteiger partial charge in [-0.15, -0.1) is 11.3 Å². The lowest BCUT2D eigenvalue weighted by molar-refractivity contribution is -0.115. The SMILES string of the molecule is O=C(CNC(=O)c1cccs1)Nc1ccc(-c2cn3ccccc3n2)cc1. The first-order chi connectivity index (χ1) is 13.2. The highest BCUT2D eigenvalue weighted by Gasteiger charge is 2.09. The number of thiophene rings is 1. The van der Waals surface area contributed by atoms with Crippen molar-refractivity contribution < 1.29 is 9.59 Å². The fraction of sp³-hybridized carbons (Fsp3) is 0.0500. The van der Waals surface area contributed by atoms with E-state index in [1.165, 1.54) is 11.3 Å². The highest BCUT2D eigenvalue weighted by Crippen LogP contribution is 2.21. The van der Waals surface area contributed by atoms with Gasteiger partial charge in [-0.1, -0.05) is 24.3 Å². The fourth-order valence-electron chi connectivity index (χ4n) is 2.66. The van der Waals surface area contributed by atoms with E-state index in [2.05, 4.69) is 15.6 Å². The molecule has 0 aliphatic carbocycles. The largest absolute Gasteiger partial charge is 0.342 e. The topological polar surface area (TPSA) is 75.5 Å². The zero-order chi connectivity index (χ0) is 18.6. The van der Waals surface area contributed by atoms with E-state index in [1.54, 1.807) is 12.1 Å². The molecule has 7 heteroatoms. The Labute approximate surface area is 159 Å². The minimum atomic E-state index is -0.277. The number of carbonyl (C=O) groups excluding carboxylic acids is 2. The number of rotatable bonds is 5. The third-order valence-electron chi connectivity index (χ3n) is 3.98. The third kappa shape index (κ3) is 3.88. The number of aromatic nitrogens is 2. The first-order valence-corrected chi connectivity index (χ1v) is 9.23. The van der Waals surface area contributed by atoms with Gasteiger partial charge in [0.25, 0.3) is 5.91 Å². The van der Waals surface area contributed by atoms with E-state index in [0.29, 0.717) is 10.6 Å². The van der Waals surface area contributed by atoms with Crippen LogP contribution in [0.1, 0.15) is 9.67 Å². The van der Waals surface area contributed by atoms with Gasteiger partial charge in [-0.3, -0.25) is 9.59 Å². The van der Waals surface area contributed by atoms with E-state index >= 15 is 0 Å². The summed E-state index contributed by atoms with van der Waals surface area (Å²) >= 11 is 1.34. The van der Waals surface area contributed by atoms with Crippen molar-refractivity contribution in [2.75, 3.05) is 11.9 Å². The molecule has 3 heterocycles. The van der Waals surface area contributed by atoms with Gasteiger partial charge in [-0.2, -0.15) is 0 Å². The predicted molar refractivity (Wildman–Crippen MR) is 106 cm³/mol. The van der Waals surface area contributed by atoms with Crippen molar-refractivity contribution in [2.24, 2.45) is 0 Å². The highest BCUT2D eigenvalue weighted by molar-refractivity contribution is 7.12. The van der Waals surface area contributed by atoms with Crippen molar-refractivity contribution in [3.63, 3.8) is 0 Å². The summed E-state index contributed by atoms with van der Waals surface area (Å²) in [4.78, 5) is 29.0. The summed E-state index contributed by atoms with van der Waals surface area (Å²) in [5, 5.41) is 7.19. The molecule has 0 saturated heterocycles. The zero-order valence-electron chi connectivity index (χ0n) is 14.3. The van der Waals surface area contributed by atoms with Gasteiger partial charge >= 0.3 is 0 Å². The van der Waals surface area contributed by atoms with E-state index in [9.17, 15) is 9.59 Å². The van der Waals surface area contributed by atoms with E-state index in [4.69, 9.17) is 0 Å². The molecule has 0 aliphatic heterocycles. The number of hydrogen-bond donors (Lipinski definition) is 2. The van der Waals surface area contributed by atoms with Crippen LogP contribution in [0.3, 0.4) is 0 Å². The molecule has 0 atom stereocenters. The van der Waals surface area contributed by atoms with Gasteiger partial charge < -0.3 is 15.0 Å². The van der Waals surface area contributed by atoms with Gasteiger partial charge in [0.2, 0.25) is 5.91 Å². The van der Waals surface area contributed by atoms with Gasteiger partial charge in [-0.25, -0.2) is 4.98 Å². The number of pyridine rings is 1. The molecule has 27 heavy (non-hydrogen) atoms. The summed E-state index contributed by atoms with van der Waals surface area (Å²) in [6.45, 7) is -0.0785. The lowest BCUT2D eigenvalue weighted by Gasteiger charge is -2.07. The number of fused-ring (bicyclic) bond motifs is 1. The van der Waals surface area contributed by atoms with Crippen LogP contribution in [-0.4, -0.2) is 27.7 Å². The third-order valence-corrected chi connectivity index (χ3v) is 4.85. The number of nitrogens with one attached hydrogen (secondary N) is 2. The second-order valence-electron chi connectivity index (χ2n) is 5.88. The Kier molecular flexibility index (Phi) is 4.67. The molecule has 0 aliphatic rings. The van der Waals surface area contributed by atoms with Gasteiger partial charge in [0.05, 0.1) is 17.1 Å². The predicted octanol–water partition coefficient (Wildman–Crippen LogP) is 3.43. The molecule has 2 amide bonds. The van der Waals surface area contributed by atoms with Gasteiger partial charge in [0, 0.05) is 23.6 Å². The molecular formula is C20H16N4O2S. The van der Waals surface area contributed by atoms with Gasteiger partial charge in [-0.05, 0) is 35.7 Å². The summed E-state index contributed by atoms with van der Waals surface area (Å²) in [5.41, 5.74) is 3.37. The molecule has 0 saturated carbocycles. The molecule has 0 unspecified atom stereocenters. The number of benzene rings is 1. The Bertz CT molecular complexity index is 1050. The average Bonchev–Trinajstić information content (AvgIpc) is 3.36. The van der Waals surface area contributed by atoms with Crippen molar-refractivity contribution >= 4 is 34.5 Å². The Morgan fingerprint density at radius 2 is 1.89 bits per heavy atom. The lowest BCUT2D eigenvalue weighted by atomic mass is 10.1. The summed E-state index contributed by atoms with van der Waals surface area (Å²) in [5.74, 6) is -0.525. The Morgan fingerprint density at radius 1 is 1.04 bits per heavy atom. The average molecular weight is 376 g/mol. The van der Waals surface area contributed by atoms with Crippen molar-refractivity contribution in [1.82, 2.24) is 14.7 Å². The van der Waals surface area contributed by atoms with Crippen molar-refractivity contribution in [2.45, 2.75) is 0 Å². The Morgan fingerprint density at radius 3 is 2.63 bits per heavy atom. The van der Waals surface area contributed by atoms with Crippen LogP contribution >= 0.6 is 11.3 Å². The maximum absolute atomic E-state index is 12.0. The van der Waals surface area contributed by atoms with Crippen molar-refractivity contribution in [3.8, 4) is 11.3 Å². The molecule has 4 aromatic rings. The monoisotopic (exact) mass is 376 g/mol. The maximum atomic E-state index is 12.0. The van der Waals surface area contributed by atoms with Crippen LogP contribution in [0, 0.1) is 0 Å². The second kappa shape index (κ2) is 7.43. The van der Waals surface area contributed by atoms with Crippen molar-refractivity contribution in [3.05, 3.63) is 77.2 Å². The van der Waals surface area contributed by atoms with Crippen LogP contribution in [0.25, 0.3) is 16.9 Å². The Hall–Kier alpha value is -3.45. The lowest BCUT2D eigenvalue weighted by Crippen LogP contribution is -2.32. The quantitative estimate of drug-likeness (QED) is 0.560. The number of nitrogens with zero attached hydrogens (tertiary/aromatic N) is 2. The van der Waals surface area contributed by atoms with E-state index in [-0.39, 0.29) is 18.4 Å². The van der Waals surface area contributed by atoms with Crippen LogP contribution in [0.15, 0.2) is 72.4 Å². The zero-order valence-corrected chi connectivity index (χ0v) is 15.1. The molecule has 0 bridgehead atoms. The van der Waals surface area contributed by atoms with Crippen LogP contribution in [0.2, 0.25) is 0 Å². The molecule has 4 rings (SSSR count). The molecule has 2 N–H and O–H groups in total. The second-order valence-corrected chi connectivity index (χ2v) is 6.83. The molecule has 0 fully saturated rings. The summed E-state index contributed by atoms with van der Waals surface area (Å²) < 4.78 is 1.96. The smallest absolute Gasteiger partial charge is 0.261 e. The fourth-order valence-corrected chi connectivity index (χ4v) is 3.30. The van der Waals surface area contributed by atoms with Crippen LogP contribution in [0.4, 0.5) is 5.69 Å². The first-order valence-electron chi connectivity index (χ1n) is 8.35. The molecule has 1 aromatic carbocycles. The van der Waals surface area contributed by atoms with Gasteiger partial charge in [0.15, 0.2) is 0 Å². The first kappa shape index (κ1) is 17.0. The molecular weight excluding hydrogens is 360 g/mol. The minimum Gasteiger partial charge on any atom is -0.342 e. The number of imidazole rings is 1. The number of carbonyl (C=O) groups is 2. The van der Waals surface area contributed by atoms with E-state index in [0.717, 1.165) is 16.9 Å². The standard InChI is InChI=1S/C20H16N4O2S/c25-19(12-21-20(26)17-4-3-11-27-17)22-15-8-6-14(7-9-15)16-13-24-10-2-1-5-18(24)23-16/h1-11,13H,12H2,(H,21,26)(H,22,25). The van der Waals surface area contributed by atoms with Gasteiger partial charge in [0.1, 0.15) is 5.65 Å².